The van der Waals surface area contributed by atoms with Crippen LogP contribution in [-0.4, -0.2) is 54.5 Å². The number of halogens is 1. The highest BCUT2D eigenvalue weighted by Gasteiger charge is 2.14. The topological polar surface area (TPSA) is 94.5 Å². The van der Waals surface area contributed by atoms with E-state index in [0.717, 1.165) is 22.5 Å². The van der Waals surface area contributed by atoms with Crippen molar-refractivity contribution in [2.45, 2.75) is 26.8 Å². The molecule has 0 spiro atoms. The van der Waals surface area contributed by atoms with Gasteiger partial charge in [-0.3, -0.25) is 14.3 Å². The molecule has 1 aromatic heterocycles. The summed E-state index contributed by atoms with van der Waals surface area (Å²) in [5, 5.41) is 10.8. The van der Waals surface area contributed by atoms with Crippen LogP contribution in [0.15, 0.2) is 42.5 Å². The van der Waals surface area contributed by atoms with Crippen molar-refractivity contribution in [3.05, 3.63) is 81.1 Å². The maximum Gasteiger partial charge on any atom is 0.251 e. The molecule has 0 radical (unpaired) electrons. The van der Waals surface area contributed by atoms with Crippen LogP contribution in [0.1, 0.15) is 43.2 Å². The Labute approximate surface area is 209 Å². The van der Waals surface area contributed by atoms with Gasteiger partial charge in [-0.1, -0.05) is 23.7 Å². The van der Waals surface area contributed by atoms with Gasteiger partial charge in [0, 0.05) is 30.6 Å². The Kier molecular flexibility index (Phi) is 8.05. The highest BCUT2D eigenvalue weighted by molar-refractivity contribution is 6.31. The third kappa shape index (κ3) is 6.21. The molecule has 3 aromatic rings. The van der Waals surface area contributed by atoms with E-state index >= 15 is 0 Å². The summed E-state index contributed by atoms with van der Waals surface area (Å²) < 4.78 is 13.3. The maximum atomic E-state index is 12.9. The lowest BCUT2D eigenvalue weighted by Gasteiger charge is -2.15. The molecule has 0 saturated heterocycles. The standard InChI is InChI=1S/C26H29ClN4O4/c1-17-24(27)18(2)31(30-17)10-8-28-26(33)21-6-7-23-22(16-21)15-19-4-3-5-20(14-19)25(32)29-9-11-34-12-13-35-23/h3-7,14,16H,8-13,15H2,1-2H3,(H,28,33)(H,29,32). The minimum absolute atomic E-state index is 0.138. The smallest absolute Gasteiger partial charge is 0.251 e. The van der Waals surface area contributed by atoms with E-state index in [0.29, 0.717) is 67.8 Å². The fourth-order valence-electron chi connectivity index (χ4n) is 3.96. The molecule has 0 atom stereocenters. The Morgan fingerprint density at radius 1 is 1.17 bits per heavy atom. The van der Waals surface area contributed by atoms with E-state index in [1.165, 1.54) is 0 Å². The Balaban J connectivity index is 1.51. The largest absolute Gasteiger partial charge is 0.491 e. The molecule has 184 valence electrons. The van der Waals surface area contributed by atoms with E-state index in [-0.39, 0.29) is 11.8 Å². The van der Waals surface area contributed by atoms with Gasteiger partial charge in [0.05, 0.1) is 36.2 Å². The number of hydrogen-bond donors (Lipinski definition) is 2. The number of carbonyl (C=O) groups is 2. The number of amides is 2. The highest BCUT2D eigenvalue weighted by atomic mass is 35.5. The molecule has 4 rings (SSSR count). The van der Waals surface area contributed by atoms with Crippen LogP contribution in [0.4, 0.5) is 0 Å². The second-order valence-electron chi connectivity index (χ2n) is 8.38. The van der Waals surface area contributed by atoms with E-state index in [1.54, 1.807) is 16.8 Å². The molecule has 0 unspecified atom stereocenters. The summed E-state index contributed by atoms with van der Waals surface area (Å²) in [7, 11) is 0. The first-order chi connectivity index (χ1) is 16.9. The van der Waals surface area contributed by atoms with Gasteiger partial charge in [-0.15, -0.1) is 0 Å². The zero-order valence-electron chi connectivity index (χ0n) is 19.9. The molecular weight excluding hydrogens is 468 g/mol. The minimum Gasteiger partial charge on any atom is -0.491 e. The number of fused-ring (bicyclic) bond motifs is 3. The lowest BCUT2D eigenvalue weighted by atomic mass is 9.99. The lowest BCUT2D eigenvalue weighted by Crippen LogP contribution is -2.28. The molecule has 8 nitrogen and oxygen atoms in total. The van der Waals surface area contributed by atoms with Crippen molar-refractivity contribution in [2.75, 3.05) is 32.9 Å². The molecule has 2 amide bonds. The molecule has 0 fully saturated rings. The molecule has 0 saturated carbocycles. The van der Waals surface area contributed by atoms with Crippen LogP contribution in [0.5, 0.6) is 5.75 Å². The van der Waals surface area contributed by atoms with Crippen LogP contribution in [-0.2, 0) is 17.7 Å². The number of hydrogen-bond acceptors (Lipinski definition) is 5. The van der Waals surface area contributed by atoms with Crippen LogP contribution in [0.25, 0.3) is 0 Å². The second-order valence-corrected chi connectivity index (χ2v) is 8.76. The Morgan fingerprint density at radius 3 is 2.83 bits per heavy atom. The summed E-state index contributed by atoms with van der Waals surface area (Å²) in [5.74, 6) is 0.367. The summed E-state index contributed by atoms with van der Waals surface area (Å²) in [6, 6.07) is 12.9. The Morgan fingerprint density at radius 2 is 2.03 bits per heavy atom. The third-order valence-corrected chi connectivity index (χ3v) is 6.37. The van der Waals surface area contributed by atoms with E-state index in [9.17, 15) is 9.59 Å². The molecule has 2 N–H and O–H groups in total. The third-order valence-electron chi connectivity index (χ3n) is 5.83. The van der Waals surface area contributed by atoms with Crippen molar-refractivity contribution in [1.29, 1.82) is 0 Å². The average Bonchev–Trinajstić information content (AvgIpc) is 3.10. The second kappa shape index (κ2) is 11.4. The highest BCUT2D eigenvalue weighted by Crippen LogP contribution is 2.24. The van der Waals surface area contributed by atoms with Crippen LogP contribution in [0.3, 0.4) is 0 Å². The van der Waals surface area contributed by atoms with Gasteiger partial charge in [0.25, 0.3) is 11.8 Å². The van der Waals surface area contributed by atoms with E-state index in [4.69, 9.17) is 21.1 Å². The van der Waals surface area contributed by atoms with Gasteiger partial charge >= 0.3 is 0 Å². The van der Waals surface area contributed by atoms with Crippen molar-refractivity contribution in [3.8, 4) is 5.75 Å². The van der Waals surface area contributed by atoms with Crippen molar-refractivity contribution in [3.63, 3.8) is 0 Å². The Bertz CT molecular complexity index is 1220. The van der Waals surface area contributed by atoms with E-state index in [1.807, 2.05) is 44.2 Å². The molecule has 1 aliphatic heterocycles. The van der Waals surface area contributed by atoms with Gasteiger partial charge in [0.2, 0.25) is 0 Å². The summed E-state index contributed by atoms with van der Waals surface area (Å²) in [4.78, 5) is 25.3. The zero-order valence-corrected chi connectivity index (χ0v) is 20.7. The number of nitrogens with one attached hydrogen (secondary N) is 2. The molecule has 35 heavy (non-hydrogen) atoms. The van der Waals surface area contributed by atoms with Crippen molar-refractivity contribution >= 4 is 23.4 Å². The molecule has 1 aliphatic rings. The fraction of sp³-hybridized carbons (Fsp3) is 0.346. The van der Waals surface area contributed by atoms with Gasteiger partial charge in [0.15, 0.2) is 0 Å². The van der Waals surface area contributed by atoms with Crippen molar-refractivity contribution < 1.29 is 19.1 Å². The average molecular weight is 497 g/mol. The number of nitrogens with zero attached hydrogens (tertiary/aromatic N) is 2. The predicted molar refractivity (Wildman–Crippen MR) is 133 cm³/mol. The van der Waals surface area contributed by atoms with Crippen LogP contribution in [0.2, 0.25) is 5.02 Å². The lowest BCUT2D eigenvalue weighted by molar-refractivity contribution is 0.0865. The van der Waals surface area contributed by atoms with Crippen LogP contribution >= 0.6 is 11.6 Å². The van der Waals surface area contributed by atoms with Gasteiger partial charge < -0.3 is 20.1 Å². The monoisotopic (exact) mass is 496 g/mol. The number of aryl methyl sites for hydroxylation is 1. The zero-order chi connectivity index (χ0) is 24.8. The molecule has 0 aliphatic carbocycles. The summed E-state index contributed by atoms with van der Waals surface area (Å²) >= 11 is 6.21. The van der Waals surface area contributed by atoms with Crippen molar-refractivity contribution in [1.82, 2.24) is 20.4 Å². The van der Waals surface area contributed by atoms with Crippen LogP contribution in [0, 0.1) is 13.8 Å². The number of ether oxygens (including phenoxy) is 2. The van der Waals surface area contributed by atoms with Gasteiger partial charge in [-0.25, -0.2) is 0 Å². The summed E-state index contributed by atoms with van der Waals surface area (Å²) in [5.41, 5.74) is 4.58. The van der Waals surface area contributed by atoms with Gasteiger partial charge in [0.1, 0.15) is 12.4 Å². The molecule has 2 aromatic carbocycles. The van der Waals surface area contributed by atoms with Crippen molar-refractivity contribution in [2.24, 2.45) is 0 Å². The maximum absolute atomic E-state index is 12.9. The van der Waals surface area contributed by atoms with Crippen LogP contribution < -0.4 is 15.4 Å². The summed E-state index contributed by atoms with van der Waals surface area (Å²) in [6.07, 6.45) is 0.517. The number of aromatic nitrogens is 2. The number of carbonyl (C=O) groups excluding carboxylic acids is 2. The SMILES string of the molecule is Cc1nn(CCNC(=O)c2ccc3c(c2)Cc2cccc(c2)C(=O)NCCOCCO3)c(C)c1Cl. The first-order valence-electron chi connectivity index (χ1n) is 11.6. The molecule has 2 heterocycles. The Hall–Kier alpha value is -3.36. The molecule has 9 heteroatoms. The first-order valence-corrected chi connectivity index (χ1v) is 12.0. The normalized spacial score (nSPS) is 14.3. The minimum atomic E-state index is -0.184. The number of rotatable bonds is 4. The molecular formula is C26H29ClN4O4. The first kappa shape index (κ1) is 24.8. The summed E-state index contributed by atoms with van der Waals surface area (Å²) in [6.45, 7) is 6.32. The van der Waals surface area contributed by atoms with E-state index < -0.39 is 0 Å². The number of benzene rings is 2. The van der Waals surface area contributed by atoms with Gasteiger partial charge in [-0.2, -0.15) is 5.10 Å². The molecule has 2 bridgehead atoms. The predicted octanol–water partition coefficient (Wildman–Crippen LogP) is 3.31. The van der Waals surface area contributed by atoms with Gasteiger partial charge in [-0.05, 0) is 55.3 Å². The fourth-order valence-corrected chi connectivity index (χ4v) is 4.10. The van der Waals surface area contributed by atoms with E-state index in [2.05, 4.69) is 15.7 Å². The quantitative estimate of drug-likeness (QED) is 0.578.